The van der Waals surface area contributed by atoms with Gasteiger partial charge in [0.05, 0.1) is 22.6 Å². The monoisotopic (exact) mass is 643 g/mol. The lowest BCUT2D eigenvalue weighted by molar-refractivity contribution is -0.137. The van der Waals surface area contributed by atoms with Crippen LogP contribution >= 0.6 is 0 Å². The molecule has 1 saturated carbocycles. The largest absolute Gasteiger partial charge is 0.416 e. The summed E-state index contributed by atoms with van der Waals surface area (Å²) in [5.41, 5.74) is 0.407. The van der Waals surface area contributed by atoms with Gasteiger partial charge in [-0.25, -0.2) is 8.42 Å². The lowest BCUT2D eigenvalue weighted by Gasteiger charge is -2.40. The van der Waals surface area contributed by atoms with Gasteiger partial charge in [0, 0.05) is 37.0 Å². The zero-order valence-electron chi connectivity index (χ0n) is 24.8. The number of rotatable bonds is 8. The zero-order valence-corrected chi connectivity index (χ0v) is 25.6. The van der Waals surface area contributed by atoms with Crippen molar-refractivity contribution in [2.75, 3.05) is 25.9 Å². The summed E-state index contributed by atoms with van der Waals surface area (Å²) < 4.78 is 62.7. The Labute approximate surface area is 260 Å². The van der Waals surface area contributed by atoms with Crippen LogP contribution in [0.2, 0.25) is 0 Å². The molecule has 0 unspecified atom stereocenters. The van der Waals surface area contributed by atoms with E-state index in [1.165, 1.54) is 12.3 Å². The van der Waals surface area contributed by atoms with E-state index in [0.717, 1.165) is 60.7 Å². The van der Waals surface area contributed by atoms with Crippen LogP contribution in [0.1, 0.15) is 53.6 Å². The van der Waals surface area contributed by atoms with Crippen molar-refractivity contribution in [3.63, 3.8) is 0 Å². The summed E-state index contributed by atoms with van der Waals surface area (Å²) >= 11 is 0. The van der Waals surface area contributed by atoms with E-state index in [1.54, 1.807) is 18.2 Å². The smallest absolute Gasteiger partial charge is 0.385 e. The fraction of sp³-hybridized carbons (Fsp3) is 0.394. The molecule has 3 aromatic rings. The van der Waals surface area contributed by atoms with Gasteiger partial charge in [0.2, 0.25) is 5.91 Å². The van der Waals surface area contributed by atoms with Crippen LogP contribution in [0.5, 0.6) is 0 Å². The van der Waals surface area contributed by atoms with Gasteiger partial charge in [-0.1, -0.05) is 42.5 Å². The van der Waals surface area contributed by atoms with Crippen molar-refractivity contribution in [2.24, 2.45) is 0 Å². The Balaban J connectivity index is 1.09. The Hall–Kier alpha value is -3.74. The number of sulfone groups is 1. The Kier molecular flexibility index (Phi) is 9.39. The van der Waals surface area contributed by atoms with E-state index in [0.29, 0.717) is 19.4 Å². The maximum absolute atomic E-state index is 12.9. The van der Waals surface area contributed by atoms with Gasteiger partial charge in [0.25, 0.3) is 5.91 Å². The van der Waals surface area contributed by atoms with Gasteiger partial charge in [-0.3, -0.25) is 14.5 Å². The van der Waals surface area contributed by atoms with Crippen LogP contribution in [0.15, 0.2) is 77.7 Å². The fourth-order valence-electron chi connectivity index (χ4n) is 6.23. The number of carbonyl (C=O) groups is 2. The molecule has 0 spiro atoms. The molecule has 1 aliphatic carbocycles. The molecular formula is C33H36F3N3O5S. The number of nitrogens with one attached hydrogen (secondary N) is 2. The summed E-state index contributed by atoms with van der Waals surface area (Å²) in [5.74, 6) is -1.17. The summed E-state index contributed by atoms with van der Waals surface area (Å²) in [5, 5.41) is 16.8. The highest BCUT2D eigenvalue weighted by atomic mass is 32.2. The predicted octanol–water partition coefficient (Wildman–Crippen LogP) is 4.53. The number of hydrogen-bond donors (Lipinski definition) is 3. The van der Waals surface area contributed by atoms with Crippen LogP contribution in [-0.2, 0) is 26.4 Å². The molecule has 0 bridgehead atoms. The van der Waals surface area contributed by atoms with Crippen LogP contribution < -0.4 is 10.6 Å². The van der Waals surface area contributed by atoms with Crippen LogP contribution in [0, 0.1) is 0 Å². The van der Waals surface area contributed by atoms with E-state index >= 15 is 0 Å². The van der Waals surface area contributed by atoms with Gasteiger partial charge in [-0.05, 0) is 79.1 Å². The number of hydrogen-bond acceptors (Lipinski definition) is 6. The second-order valence-electron chi connectivity index (χ2n) is 11.9. The molecule has 1 heterocycles. The first-order valence-electron chi connectivity index (χ1n) is 14.8. The third-order valence-corrected chi connectivity index (χ3v) is 9.87. The number of carbonyl (C=O) groups excluding carboxylic acids is 2. The first kappa shape index (κ1) is 32.6. The Morgan fingerprint density at radius 3 is 2.31 bits per heavy atom. The molecule has 3 aromatic carbocycles. The molecule has 12 heteroatoms. The average Bonchev–Trinajstić information content (AvgIpc) is 3.48. The molecule has 2 fully saturated rings. The molecule has 1 saturated heterocycles. The summed E-state index contributed by atoms with van der Waals surface area (Å²) in [6.45, 7) is 1.08. The third kappa shape index (κ3) is 7.92. The number of aliphatic hydroxyl groups is 1. The Bertz CT molecular complexity index is 1650. The van der Waals surface area contributed by atoms with Crippen molar-refractivity contribution >= 4 is 21.7 Å². The molecular weight excluding hydrogens is 607 g/mol. The van der Waals surface area contributed by atoms with Crippen molar-refractivity contribution < 1.29 is 36.3 Å². The van der Waals surface area contributed by atoms with Crippen molar-refractivity contribution in [1.29, 1.82) is 0 Å². The SMILES string of the molecule is CS(=O)(=O)c1cccc(-c2ccc(C3(O)CCC(N4CC[C@@H](NC(=O)CNC(=O)c5cccc(C(F)(F)F)c5)C4)CC3)cc2)c1. The van der Waals surface area contributed by atoms with Crippen LogP contribution in [0.4, 0.5) is 13.2 Å². The number of halogens is 3. The minimum absolute atomic E-state index is 0.113. The van der Waals surface area contributed by atoms with Crippen LogP contribution in [0.3, 0.4) is 0 Å². The minimum atomic E-state index is -4.57. The fourth-order valence-corrected chi connectivity index (χ4v) is 6.89. The van der Waals surface area contributed by atoms with Gasteiger partial charge in [-0.2, -0.15) is 13.2 Å². The molecule has 0 aromatic heterocycles. The summed E-state index contributed by atoms with van der Waals surface area (Å²) in [7, 11) is -3.32. The highest BCUT2D eigenvalue weighted by Crippen LogP contribution is 2.40. The highest BCUT2D eigenvalue weighted by molar-refractivity contribution is 7.90. The molecule has 2 aliphatic rings. The van der Waals surface area contributed by atoms with Gasteiger partial charge < -0.3 is 15.7 Å². The van der Waals surface area contributed by atoms with E-state index < -0.39 is 39.0 Å². The van der Waals surface area contributed by atoms with E-state index in [2.05, 4.69) is 15.5 Å². The highest BCUT2D eigenvalue weighted by Gasteiger charge is 2.38. The quantitative estimate of drug-likeness (QED) is 0.333. The first-order chi connectivity index (χ1) is 21.2. The molecule has 5 rings (SSSR count). The van der Waals surface area contributed by atoms with Gasteiger partial charge in [0.1, 0.15) is 0 Å². The predicted molar refractivity (Wildman–Crippen MR) is 163 cm³/mol. The van der Waals surface area contributed by atoms with Gasteiger partial charge in [0.15, 0.2) is 9.84 Å². The second-order valence-corrected chi connectivity index (χ2v) is 14.0. The van der Waals surface area contributed by atoms with Crippen molar-refractivity contribution in [3.05, 3.63) is 89.5 Å². The lowest BCUT2D eigenvalue weighted by Crippen LogP contribution is -2.45. The van der Waals surface area contributed by atoms with E-state index in [1.807, 2.05) is 30.3 Å². The number of amides is 2. The van der Waals surface area contributed by atoms with Crippen molar-refractivity contribution in [3.8, 4) is 11.1 Å². The average molecular weight is 644 g/mol. The summed E-state index contributed by atoms with van der Waals surface area (Å²) in [6.07, 6.45) is 0.0616. The maximum atomic E-state index is 12.9. The Morgan fingerprint density at radius 2 is 1.64 bits per heavy atom. The van der Waals surface area contributed by atoms with E-state index in [9.17, 15) is 36.3 Å². The van der Waals surface area contributed by atoms with Crippen molar-refractivity contribution in [2.45, 2.75) is 60.9 Å². The molecule has 240 valence electrons. The number of alkyl halides is 3. The maximum Gasteiger partial charge on any atom is 0.416 e. The summed E-state index contributed by atoms with van der Waals surface area (Å²) in [4.78, 5) is 27.3. The molecule has 2 amide bonds. The van der Waals surface area contributed by atoms with Crippen molar-refractivity contribution in [1.82, 2.24) is 15.5 Å². The zero-order chi connectivity index (χ0) is 32.4. The Morgan fingerprint density at radius 1 is 0.956 bits per heavy atom. The number of nitrogens with zero attached hydrogens (tertiary/aromatic N) is 1. The van der Waals surface area contributed by atoms with Crippen LogP contribution in [-0.4, -0.2) is 68.2 Å². The van der Waals surface area contributed by atoms with E-state index in [-0.39, 0.29) is 29.1 Å². The first-order valence-corrected chi connectivity index (χ1v) is 16.7. The van der Waals surface area contributed by atoms with Crippen LogP contribution in [0.25, 0.3) is 11.1 Å². The molecule has 3 N–H and O–H groups in total. The molecule has 1 aliphatic heterocycles. The van der Waals surface area contributed by atoms with Gasteiger partial charge in [-0.15, -0.1) is 0 Å². The van der Waals surface area contributed by atoms with E-state index in [4.69, 9.17) is 0 Å². The lowest BCUT2D eigenvalue weighted by atomic mass is 9.77. The molecule has 0 radical (unpaired) electrons. The minimum Gasteiger partial charge on any atom is -0.385 e. The number of benzene rings is 3. The second kappa shape index (κ2) is 12.9. The standard InChI is InChI=1S/C33H36F3N3O5S/c1-45(43,44)29-7-3-4-23(19-29)22-8-10-25(11-9-22)32(42)15-12-28(13-16-32)39-17-14-27(21-39)38-30(40)20-37-31(41)24-5-2-6-26(18-24)33(34,35)36/h2-11,18-19,27-28,42H,12-17,20-21H2,1H3,(H,37,41)(H,38,40)/t27-,28?,32?/m1/s1. The summed E-state index contributed by atoms with van der Waals surface area (Å²) in [6, 6.07) is 18.6. The van der Waals surface area contributed by atoms with Gasteiger partial charge >= 0.3 is 6.18 Å². The topological polar surface area (TPSA) is 116 Å². The third-order valence-electron chi connectivity index (χ3n) is 8.76. The molecule has 1 atom stereocenters. The molecule has 8 nitrogen and oxygen atoms in total. The number of likely N-dealkylation sites (tertiary alicyclic amines) is 1. The normalized spacial score (nSPS) is 22.6. The molecule has 45 heavy (non-hydrogen) atoms.